The SMILES string of the molecule is CC(=O)CCC(=O)Nc1cncc(C)c1. The van der Waals surface area contributed by atoms with E-state index in [2.05, 4.69) is 10.3 Å². The van der Waals surface area contributed by atoms with Crippen LogP contribution < -0.4 is 5.32 Å². The Hall–Kier alpha value is -1.71. The molecule has 0 aliphatic heterocycles. The number of rotatable bonds is 4. The fourth-order valence-corrected chi connectivity index (χ4v) is 1.14. The third-order valence-corrected chi connectivity index (χ3v) is 1.86. The number of Topliss-reactive ketones (excluding diaryl/α,β-unsaturated/α-hetero) is 1. The van der Waals surface area contributed by atoms with E-state index in [0.717, 1.165) is 5.56 Å². The molecule has 0 aliphatic carbocycles. The van der Waals surface area contributed by atoms with Crippen LogP contribution in [0.25, 0.3) is 0 Å². The number of aryl methyl sites for hydroxylation is 1. The van der Waals surface area contributed by atoms with Crippen molar-refractivity contribution < 1.29 is 9.59 Å². The van der Waals surface area contributed by atoms with Crippen LogP contribution >= 0.6 is 0 Å². The average molecular weight is 206 g/mol. The summed E-state index contributed by atoms with van der Waals surface area (Å²) in [5.41, 5.74) is 1.66. The molecule has 4 nitrogen and oxygen atoms in total. The van der Waals surface area contributed by atoms with Crippen molar-refractivity contribution in [2.45, 2.75) is 26.7 Å². The maximum atomic E-state index is 11.3. The molecule has 0 bridgehead atoms. The quantitative estimate of drug-likeness (QED) is 0.815. The van der Waals surface area contributed by atoms with Crippen LogP contribution in [0.4, 0.5) is 5.69 Å². The number of aromatic nitrogens is 1. The van der Waals surface area contributed by atoms with Crippen molar-refractivity contribution in [3.8, 4) is 0 Å². The summed E-state index contributed by atoms with van der Waals surface area (Å²) < 4.78 is 0. The number of carbonyl (C=O) groups excluding carboxylic acids is 2. The fraction of sp³-hybridized carbons (Fsp3) is 0.364. The van der Waals surface area contributed by atoms with Gasteiger partial charge in [0.2, 0.25) is 5.91 Å². The van der Waals surface area contributed by atoms with E-state index in [9.17, 15) is 9.59 Å². The first-order chi connectivity index (χ1) is 7.08. The molecule has 0 atom stereocenters. The van der Waals surface area contributed by atoms with Crippen LogP contribution in [0, 0.1) is 6.92 Å². The molecule has 1 N–H and O–H groups in total. The standard InChI is InChI=1S/C11H14N2O2/c1-8-5-10(7-12-6-8)13-11(15)4-3-9(2)14/h5-7H,3-4H2,1-2H3,(H,13,15). The van der Waals surface area contributed by atoms with Crippen LogP contribution in [0.2, 0.25) is 0 Å². The average Bonchev–Trinajstić information content (AvgIpc) is 2.15. The maximum Gasteiger partial charge on any atom is 0.224 e. The molecule has 0 aliphatic rings. The van der Waals surface area contributed by atoms with Gasteiger partial charge < -0.3 is 10.1 Å². The van der Waals surface area contributed by atoms with Crippen molar-refractivity contribution in [2.24, 2.45) is 0 Å². The Balaban J connectivity index is 2.48. The second-order valence-electron chi connectivity index (χ2n) is 3.50. The number of carbonyl (C=O) groups is 2. The van der Waals surface area contributed by atoms with E-state index in [4.69, 9.17) is 0 Å². The number of pyridine rings is 1. The number of hydrogen-bond acceptors (Lipinski definition) is 3. The molecule has 0 fully saturated rings. The van der Waals surface area contributed by atoms with Gasteiger partial charge in [0.15, 0.2) is 0 Å². The van der Waals surface area contributed by atoms with Gasteiger partial charge in [-0.15, -0.1) is 0 Å². The van der Waals surface area contributed by atoms with E-state index in [1.54, 1.807) is 12.4 Å². The van der Waals surface area contributed by atoms with Crippen molar-refractivity contribution in [3.63, 3.8) is 0 Å². The summed E-state index contributed by atoms with van der Waals surface area (Å²) in [5.74, 6) is -0.134. The number of anilines is 1. The van der Waals surface area contributed by atoms with Gasteiger partial charge in [-0.05, 0) is 25.5 Å². The maximum absolute atomic E-state index is 11.3. The van der Waals surface area contributed by atoms with Crippen LogP contribution in [0.5, 0.6) is 0 Å². The normalized spacial score (nSPS) is 9.73. The van der Waals surface area contributed by atoms with E-state index < -0.39 is 0 Å². The van der Waals surface area contributed by atoms with Crippen LogP contribution in [0.15, 0.2) is 18.5 Å². The lowest BCUT2D eigenvalue weighted by atomic mass is 10.2. The summed E-state index contributed by atoms with van der Waals surface area (Å²) in [6.07, 6.45) is 3.80. The summed E-state index contributed by atoms with van der Waals surface area (Å²) in [5, 5.41) is 2.68. The first-order valence-electron chi connectivity index (χ1n) is 4.79. The minimum absolute atomic E-state index is 0.0208. The summed E-state index contributed by atoms with van der Waals surface area (Å²) in [6.45, 7) is 3.37. The number of nitrogens with one attached hydrogen (secondary N) is 1. The van der Waals surface area contributed by atoms with E-state index >= 15 is 0 Å². The Morgan fingerprint density at radius 2 is 2.07 bits per heavy atom. The number of nitrogens with zero attached hydrogens (tertiary/aromatic N) is 1. The molecule has 1 aromatic rings. The molecular formula is C11H14N2O2. The third-order valence-electron chi connectivity index (χ3n) is 1.86. The molecule has 1 rings (SSSR count). The molecule has 1 heterocycles. The second-order valence-corrected chi connectivity index (χ2v) is 3.50. The zero-order valence-corrected chi connectivity index (χ0v) is 8.91. The highest BCUT2D eigenvalue weighted by atomic mass is 16.2. The van der Waals surface area contributed by atoms with Gasteiger partial charge >= 0.3 is 0 Å². The highest BCUT2D eigenvalue weighted by Gasteiger charge is 2.04. The number of amides is 1. The van der Waals surface area contributed by atoms with E-state index in [1.165, 1.54) is 6.92 Å². The van der Waals surface area contributed by atoms with Gasteiger partial charge in [-0.3, -0.25) is 9.78 Å². The van der Waals surface area contributed by atoms with Gasteiger partial charge in [0.25, 0.3) is 0 Å². The van der Waals surface area contributed by atoms with Crippen molar-refractivity contribution >= 4 is 17.4 Å². The molecule has 1 amide bonds. The van der Waals surface area contributed by atoms with E-state index in [1.807, 2.05) is 13.0 Å². The van der Waals surface area contributed by atoms with Crippen LogP contribution in [-0.4, -0.2) is 16.7 Å². The van der Waals surface area contributed by atoms with Crippen molar-refractivity contribution in [3.05, 3.63) is 24.0 Å². The number of ketones is 1. The van der Waals surface area contributed by atoms with Gasteiger partial charge in [-0.2, -0.15) is 0 Å². The van der Waals surface area contributed by atoms with Gasteiger partial charge in [-0.1, -0.05) is 0 Å². The molecule has 0 saturated heterocycles. The second kappa shape index (κ2) is 5.24. The smallest absolute Gasteiger partial charge is 0.224 e. The monoisotopic (exact) mass is 206 g/mol. The summed E-state index contributed by atoms with van der Waals surface area (Å²) >= 11 is 0. The third kappa shape index (κ3) is 4.35. The Morgan fingerprint density at radius 3 is 2.67 bits per heavy atom. The first-order valence-corrected chi connectivity index (χ1v) is 4.79. The van der Waals surface area contributed by atoms with Gasteiger partial charge in [-0.25, -0.2) is 0 Å². The highest BCUT2D eigenvalue weighted by Crippen LogP contribution is 2.07. The predicted octanol–water partition coefficient (Wildman–Crippen LogP) is 1.70. The summed E-state index contributed by atoms with van der Waals surface area (Å²) in [7, 11) is 0. The highest BCUT2D eigenvalue weighted by molar-refractivity contribution is 5.93. The molecule has 0 spiro atoms. The van der Waals surface area contributed by atoms with Crippen LogP contribution in [0.1, 0.15) is 25.3 Å². The molecule has 1 aromatic heterocycles. The van der Waals surface area contributed by atoms with Gasteiger partial charge in [0.1, 0.15) is 5.78 Å². The lowest BCUT2D eigenvalue weighted by Crippen LogP contribution is -2.12. The topological polar surface area (TPSA) is 59.1 Å². The van der Waals surface area contributed by atoms with Crippen molar-refractivity contribution in [1.82, 2.24) is 4.98 Å². The zero-order chi connectivity index (χ0) is 11.3. The molecule has 0 radical (unpaired) electrons. The molecule has 0 aromatic carbocycles. The van der Waals surface area contributed by atoms with Gasteiger partial charge in [0, 0.05) is 19.0 Å². The summed E-state index contributed by atoms with van der Waals surface area (Å²) in [4.78, 5) is 26.0. The Labute approximate surface area is 88.7 Å². The van der Waals surface area contributed by atoms with E-state index in [-0.39, 0.29) is 24.5 Å². The summed E-state index contributed by atoms with van der Waals surface area (Å²) in [6, 6.07) is 1.83. The Bertz CT molecular complexity index is 375. The van der Waals surface area contributed by atoms with E-state index in [0.29, 0.717) is 5.69 Å². The molecule has 4 heteroatoms. The largest absolute Gasteiger partial charge is 0.325 e. The minimum Gasteiger partial charge on any atom is -0.325 e. The predicted molar refractivity (Wildman–Crippen MR) is 57.5 cm³/mol. The molecule has 80 valence electrons. The van der Waals surface area contributed by atoms with Gasteiger partial charge in [0.05, 0.1) is 11.9 Å². The van der Waals surface area contributed by atoms with Crippen LogP contribution in [0.3, 0.4) is 0 Å². The van der Waals surface area contributed by atoms with Crippen molar-refractivity contribution in [2.75, 3.05) is 5.32 Å². The van der Waals surface area contributed by atoms with Crippen LogP contribution in [-0.2, 0) is 9.59 Å². The number of hydrogen-bond donors (Lipinski definition) is 1. The first kappa shape index (κ1) is 11.4. The van der Waals surface area contributed by atoms with Crippen molar-refractivity contribution in [1.29, 1.82) is 0 Å². The fourth-order valence-electron chi connectivity index (χ4n) is 1.14. The molecule has 15 heavy (non-hydrogen) atoms. The molecule has 0 saturated carbocycles. The molecule has 0 unspecified atom stereocenters. The zero-order valence-electron chi connectivity index (χ0n) is 8.91. The minimum atomic E-state index is -0.155. The molecular weight excluding hydrogens is 192 g/mol. The lowest BCUT2D eigenvalue weighted by molar-refractivity contribution is -0.121. The Kier molecular flexibility index (Phi) is 3.97. The Morgan fingerprint density at radius 1 is 1.33 bits per heavy atom. The lowest BCUT2D eigenvalue weighted by Gasteiger charge is -2.04.